The van der Waals surface area contributed by atoms with Crippen LogP contribution in [0.2, 0.25) is 0 Å². The van der Waals surface area contributed by atoms with Crippen molar-refractivity contribution in [3.63, 3.8) is 0 Å². The molecule has 4 rings (SSSR count). The van der Waals surface area contributed by atoms with Crippen molar-refractivity contribution in [2.24, 2.45) is 0 Å². The molecule has 2 aliphatic rings. The highest BCUT2D eigenvalue weighted by Gasteiger charge is 2.61. The molecule has 0 radical (unpaired) electrons. The van der Waals surface area contributed by atoms with Crippen LogP contribution in [0.3, 0.4) is 0 Å². The Kier molecular flexibility index (Phi) is 6.14. The van der Waals surface area contributed by atoms with Crippen LogP contribution >= 0.6 is 0 Å². The smallest absolute Gasteiger partial charge is 0.403 e. The second-order valence-corrected chi connectivity index (χ2v) is 11.6. The van der Waals surface area contributed by atoms with E-state index in [2.05, 4.69) is 111 Å². The molecular formula is C27H38B2O4. The zero-order valence-electron chi connectivity index (χ0n) is 21.6. The molecule has 0 aliphatic carbocycles. The summed E-state index contributed by atoms with van der Waals surface area (Å²) in [5, 5.41) is 0. The predicted octanol–water partition coefficient (Wildman–Crippen LogP) is 6.13. The highest BCUT2D eigenvalue weighted by atomic mass is 16.7. The van der Waals surface area contributed by atoms with Gasteiger partial charge in [-0.3, -0.25) is 0 Å². The van der Waals surface area contributed by atoms with Crippen LogP contribution in [0.25, 0.3) is 0 Å². The molecule has 2 atom stereocenters. The lowest BCUT2D eigenvalue weighted by atomic mass is 9.48. The lowest BCUT2D eigenvalue weighted by Gasteiger charge is -2.32. The molecule has 2 saturated heterocycles. The van der Waals surface area contributed by atoms with Gasteiger partial charge in [-0.1, -0.05) is 54.6 Å². The minimum Gasteiger partial charge on any atom is -0.403 e. The molecular weight excluding hydrogens is 410 g/mol. The summed E-state index contributed by atoms with van der Waals surface area (Å²) in [6.07, 6.45) is 0. The molecule has 0 amide bonds. The molecule has 0 N–H and O–H groups in total. The van der Waals surface area contributed by atoms with Gasteiger partial charge in [0.1, 0.15) is 0 Å². The quantitative estimate of drug-likeness (QED) is 0.517. The highest BCUT2D eigenvalue weighted by molar-refractivity contribution is 6.55. The first-order valence-electron chi connectivity index (χ1n) is 12.1. The topological polar surface area (TPSA) is 36.9 Å². The second-order valence-electron chi connectivity index (χ2n) is 11.6. The van der Waals surface area contributed by atoms with E-state index in [1.54, 1.807) is 0 Å². The van der Waals surface area contributed by atoms with Crippen LogP contribution < -0.4 is 0 Å². The van der Waals surface area contributed by atoms with Crippen LogP contribution in [0.5, 0.6) is 0 Å². The third-order valence-corrected chi connectivity index (χ3v) is 8.25. The van der Waals surface area contributed by atoms with Gasteiger partial charge in [0.05, 0.1) is 22.4 Å². The SMILES string of the molecule is Cc1ccccc1[C@@H](B1OC(C)(C)C(C)(C)O1)[C@H](B1OC(C)(C)C(C)(C)O1)c1ccccc1. The molecule has 2 heterocycles. The summed E-state index contributed by atoms with van der Waals surface area (Å²) in [5.74, 6) is -0.243. The van der Waals surface area contributed by atoms with Crippen molar-refractivity contribution in [1.29, 1.82) is 0 Å². The lowest BCUT2D eigenvalue weighted by molar-refractivity contribution is 0.00578. The Labute approximate surface area is 200 Å². The fourth-order valence-electron chi connectivity index (χ4n) is 4.75. The van der Waals surface area contributed by atoms with Crippen molar-refractivity contribution in [3.8, 4) is 0 Å². The maximum atomic E-state index is 6.67. The molecule has 33 heavy (non-hydrogen) atoms. The number of aryl methyl sites for hydroxylation is 1. The van der Waals surface area contributed by atoms with E-state index < -0.39 is 36.6 Å². The highest BCUT2D eigenvalue weighted by Crippen LogP contribution is 2.50. The van der Waals surface area contributed by atoms with Crippen LogP contribution in [-0.2, 0) is 18.6 Å². The zero-order chi connectivity index (χ0) is 24.2. The standard InChI is InChI=1S/C27H38B2O4/c1-19-15-13-14-18-21(19)23(29-32-26(6,7)27(8,9)33-29)22(20-16-11-10-12-17-20)28-30-24(2,3)25(4,5)31-28/h10-18,22-23H,1-9H3/t22-,23-/m1/s1. The largest absolute Gasteiger partial charge is 0.465 e. The molecule has 176 valence electrons. The summed E-state index contributed by atoms with van der Waals surface area (Å²) in [6.45, 7) is 19.0. The van der Waals surface area contributed by atoms with E-state index in [-0.39, 0.29) is 11.6 Å². The molecule has 2 fully saturated rings. The van der Waals surface area contributed by atoms with E-state index in [0.717, 1.165) is 5.56 Å². The van der Waals surface area contributed by atoms with Gasteiger partial charge in [0.2, 0.25) is 0 Å². The van der Waals surface area contributed by atoms with Crippen molar-refractivity contribution in [1.82, 2.24) is 0 Å². The molecule has 0 saturated carbocycles. The minimum absolute atomic E-state index is 0.121. The first kappa shape index (κ1) is 24.5. The Morgan fingerprint density at radius 3 is 1.39 bits per heavy atom. The molecule has 6 heteroatoms. The monoisotopic (exact) mass is 448 g/mol. The molecule has 4 nitrogen and oxygen atoms in total. The summed E-state index contributed by atoms with van der Waals surface area (Å²) < 4.78 is 26.6. The Balaban J connectivity index is 1.87. The summed E-state index contributed by atoms with van der Waals surface area (Å²) in [4.78, 5) is 0. The summed E-state index contributed by atoms with van der Waals surface area (Å²) in [5.41, 5.74) is 1.81. The van der Waals surface area contributed by atoms with Gasteiger partial charge in [0, 0.05) is 11.6 Å². The van der Waals surface area contributed by atoms with E-state index in [1.807, 2.05) is 6.07 Å². The first-order valence-corrected chi connectivity index (χ1v) is 12.1. The van der Waals surface area contributed by atoms with Gasteiger partial charge in [0.25, 0.3) is 0 Å². The molecule has 0 aromatic heterocycles. The van der Waals surface area contributed by atoms with Crippen LogP contribution in [0.4, 0.5) is 0 Å². The van der Waals surface area contributed by atoms with E-state index in [1.165, 1.54) is 11.1 Å². The molecule has 2 aliphatic heterocycles. The number of rotatable bonds is 5. The van der Waals surface area contributed by atoms with Crippen LogP contribution in [0.1, 0.15) is 83.7 Å². The maximum absolute atomic E-state index is 6.67. The van der Waals surface area contributed by atoms with E-state index in [0.29, 0.717) is 0 Å². The molecule has 2 aromatic rings. The Hall–Kier alpha value is -1.59. The van der Waals surface area contributed by atoms with E-state index >= 15 is 0 Å². The van der Waals surface area contributed by atoms with Gasteiger partial charge in [-0.25, -0.2) is 0 Å². The van der Waals surface area contributed by atoms with Gasteiger partial charge in [0.15, 0.2) is 0 Å². The third-order valence-electron chi connectivity index (χ3n) is 8.25. The number of hydrogen-bond donors (Lipinski definition) is 0. The fourth-order valence-corrected chi connectivity index (χ4v) is 4.75. The average molecular weight is 448 g/mol. The van der Waals surface area contributed by atoms with Crippen molar-refractivity contribution in [2.75, 3.05) is 0 Å². The van der Waals surface area contributed by atoms with Crippen LogP contribution in [0, 0.1) is 6.92 Å². The first-order chi connectivity index (χ1) is 15.3. The molecule has 2 aromatic carbocycles. The summed E-state index contributed by atoms with van der Waals surface area (Å²) >= 11 is 0. The second kappa shape index (κ2) is 8.27. The average Bonchev–Trinajstić information content (AvgIpc) is 3.06. The lowest BCUT2D eigenvalue weighted by Crippen LogP contribution is -2.41. The Morgan fingerprint density at radius 2 is 0.939 bits per heavy atom. The van der Waals surface area contributed by atoms with Gasteiger partial charge in [-0.2, -0.15) is 0 Å². The summed E-state index contributed by atoms with van der Waals surface area (Å²) in [7, 11) is -0.888. The van der Waals surface area contributed by atoms with Gasteiger partial charge in [-0.15, -0.1) is 0 Å². The number of hydrogen-bond acceptors (Lipinski definition) is 4. The summed E-state index contributed by atoms with van der Waals surface area (Å²) in [6, 6.07) is 19.0. The fraction of sp³-hybridized carbons (Fsp3) is 0.556. The maximum Gasteiger partial charge on any atom is 0.465 e. The predicted molar refractivity (Wildman–Crippen MR) is 135 cm³/mol. The Bertz CT molecular complexity index is 955. The van der Waals surface area contributed by atoms with Crippen molar-refractivity contribution < 1.29 is 18.6 Å². The van der Waals surface area contributed by atoms with Gasteiger partial charge < -0.3 is 18.6 Å². The van der Waals surface area contributed by atoms with Gasteiger partial charge >= 0.3 is 14.2 Å². The molecule has 0 unspecified atom stereocenters. The zero-order valence-corrected chi connectivity index (χ0v) is 21.6. The van der Waals surface area contributed by atoms with Gasteiger partial charge in [-0.05, 0) is 79.0 Å². The van der Waals surface area contributed by atoms with Crippen molar-refractivity contribution in [2.45, 2.75) is 96.4 Å². The van der Waals surface area contributed by atoms with Crippen molar-refractivity contribution in [3.05, 3.63) is 71.3 Å². The van der Waals surface area contributed by atoms with Crippen LogP contribution in [-0.4, -0.2) is 36.6 Å². The van der Waals surface area contributed by atoms with Crippen molar-refractivity contribution >= 4 is 14.2 Å². The van der Waals surface area contributed by atoms with E-state index in [9.17, 15) is 0 Å². The van der Waals surface area contributed by atoms with Crippen LogP contribution in [0.15, 0.2) is 54.6 Å². The number of benzene rings is 2. The molecule has 0 bridgehead atoms. The minimum atomic E-state index is -0.444. The Morgan fingerprint density at radius 1 is 0.545 bits per heavy atom. The third kappa shape index (κ3) is 4.32. The normalized spacial score (nSPS) is 24.6. The molecule has 0 spiro atoms. The van der Waals surface area contributed by atoms with E-state index in [4.69, 9.17) is 18.6 Å².